The first-order chi connectivity index (χ1) is 22.4. The molecule has 1 aliphatic carbocycles. The van der Waals surface area contributed by atoms with E-state index in [2.05, 4.69) is 15.4 Å². The fourth-order valence-electron chi connectivity index (χ4n) is 6.46. The summed E-state index contributed by atoms with van der Waals surface area (Å²) in [6.07, 6.45) is 4.48. The zero-order valence-electron chi connectivity index (χ0n) is 27.9. The largest absolute Gasteiger partial charge is 0.390 e. The quantitative estimate of drug-likeness (QED) is 0.194. The lowest BCUT2D eigenvalue weighted by Crippen LogP contribution is -2.53. The van der Waals surface area contributed by atoms with E-state index in [1.165, 1.54) is 10.7 Å². The van der Waals surface area contributed by atoms with Gasteiger partial charge in [0.15, 0.2) is 0 Å². The maximum atomic E-state index is 13.7. The Morgan fingerprint density at radius 3 is 2.34 bits per heavy atom. The molecule has 0 bridgehead atoms. The van der Waals surface area contributed by atoms with Crippen LogP contribution in [0.15, 0.2) is 48.5 Å². The predicted octanol–water partition coefficient (Wildman–Crippen LogP) is 3.55. The number of morpholine rings is 1. The third-order valence-electron chi connectivity index (χ3n) is 9.10. The molecule has 260 valence electrons. The smallest absolute Gasteiger partial charge is 0.280 e. The number of hydrogen-bond acceptors (Lipinski definition) is 7. The summed E-state index contributed by atoms with van der Waals surface area (Å²) in [6, 6.07) is 12.3. The Kier molecular flexibility index (Phi) is 13.8. The molecule has 1 aliphatic heterocycles. The Labute approximate surface area is 279 Å². The van der Waals surface area contributed by atoms with Gasteiger partial charge in [-0.15, -0.1) is 0 Å². The van der Waals surface area contributed by atoms with Crippen LogP contribution in [-0.2, 0) is 26.2 Å². The van der Waals surface area contributed by atoms with Crippen LogP contribution in [0.5, 0.6) is 0 Å². The molecule has 1 saturated heterocycles. The molecule has 2 amide bonds. The van der Waals surface area contributed by atoms with Crippen LogP contribution in [0.4, 0.5) is 5.69 Å². The average Bonchev–Trinajstić information content (AvgIpc) is 3.05. The number of nitrogens with one attached hydrogen (secondary N) is 3. The monoisotopic (exact) mass is 672 g/mol. The second-order valence-electron chi connectivity index (χ2n) is 13.4. The molecule has 1 heterocycles. The van der Waals surface area contributed by atoms with Gasteiger partial charge in [0.05, 0.1) is 25.4 Å². The average molecular weight is 673 g/mol. The van der Waals surface area contributed by atoms with Crippen molar-refractivity contribution in [1.29, 1.82) is 0 Å². The van der Waals surface area contributed by atoms with Crippen LogP contribution in [0.2, 0.25) is 0 Å². The molecule has 12 heteroatoms. The molecule has 0 aromatic heterocycles. The van der Waals surface area contributed by atoms with E-state index in [4.69, 9.17) is 4.74 Å². The van der Waals surface area contributed by atoms with E-state index in [-0.39, 0.29) is 38.6 Å². The number of nitrogens with zero attached hydrogens (tertiary/aromatic N) is 1. The Morgan fingerprint density at radius 2 is 1.68 bits per heavy atom. The van der Waals surface area contributed by atoms with Crippen LogP contribution in [0.3, 0.4) is 0 Å². The summed E-state index contributed by atoms with van der Waals surface area (Å²) in [5.41, 5.74) is 2.10. The van der Waals surface area contributed by atoms with Crippen molar-refractivity contribution >= 4 is 27.7 Å². The molecule has 2 aromatic rings. The fourth-order valence-corrected chi connectivity index (χ4v) is 7.78. The van der Waals surface area contributed by atoms with Gasteiger partial charge in [-0.1, -0.05) is 82.3 Å². The van der Waals surface area contributed by atoms with E-state index in [1.54, 1.807) is 25.1 Å². The first-order valence-corrected chi connectivity index (χ1v) is 18.3. The Balaban J connectivity index is 1.52. The highest BCUT2D eigenvalue weighted by molar-refractivity contribution is 7.87. The summed E-state index contributed by atoms with van der Waals surface area (Å²) >= 11 is 0. The maximum absolute atomic E-state index is 13.7. The Morgan fingerprint density at radius 1 is 1.00 bits per heavy atom. The van der Waals surface area contributed by atoms with Crippen LogP contribution >= 0.6 is 0 Å². The van der Waals surface area contributed by atoms with Gasteiger partial charge in [-0.05, 0) is 61.3 Å². The molecule has 2 fully saturated rings. The molecule has 4 rings (SSSR count). The van der Waals surface area contributed by atoms with Gasteiger partial charge in [0.25, 0.3) is 16.1 Å². The number of rotatable bonds is 15. The number of aliphatic hydroxyl groups is 2. The highest BCUT2D eigenvalue weighted by Gasteiger charge is 2.33. The molecular formula is C35H52N4O7S. The standard InChI is InChI=1S/C35H52N4O7S/c1-24(2)20-32(40)33(41)30(21-26-10-6-4-7-11-26)37-34(42)29-23-28(15-14-25(29)3)36-35(43)31(22-27-12-8-5-9-13-27)38-47(44,45)39-16-18-46-19-17-39/h5,8-9,12-15,23-24,26,30-33,38,40-41H,4,6-7,10-11,16-22H2,1-3H3,(H,36,43)(H,37,42). The zero-order valence-corrected chi connectivity index (χ0v) is 28.7. The lowest BCUT2D eigenvalue weighted by Gasteiger charge is -2.33. The van der Waals surface area contributed by atoms with Gasteiger partial charge in [0, 0.05) is 24.3 Å². The lowest BCUT2D eigenvalue weighted by atomic mass is 9.82. The number of aryl methyl sites for hydroxylation is 1. The Hall–Kier alpha value is -2.87. The molecule has 47 heavy (non-hydrogen) atoms. The number of aliphatic hydroxyl groups excluding tert-OH is 2. The van der Waals surface area contributed by atoms with E-state index in [0.717, 1.165) is 31.2 Å². The number of anilines is 1. The van der Waals surface area contributed by atoms with Crippen molar-refractivity contribution in [3.05, 3.63) is 65.2 Å². The fraction of sp³-hybridized carbons (Fsp3) is 0.600. The van der Waals surface area contributed by atoms with Gasteiger partial charge < -0.3 is 25.6 Å². The first kappa shape index (κ1) is 37.0. The van der Waals surface area contributed by atoms with Gasteiger partial charge in [-0.25, -0.2) is 0 Å². The normalized spacial score (nSPS) is 19.1. The van der Waals surface area contributed by atoms with Crippen molar-refractivity contribution in [1.82, 2.24) is 14.3 Å². The molecule has 2 aromatic carbocycles. The minimum Gasteiger partial charge on any atom is -0.390 e. The van der Waals surface area contributed by atoms with Gasteiger partial charge >= 0.3 is 0 Å². The first-order valence-electron chi connectivity index (χ1n) is 16.9. The molecule has 4 atom stereocenters. The second-order valence-corrected chi connectivity index (χ2v) is 15.1. The molecule has 2 aliphatic rings. The van der Waals surface area contributed by atoms with E-state index in [9.17, 15) is 28.2 Å². The molecule has 4 unspecified atom stereocenters. The maximum Gasteiger partial charge on any atom is 0.280 e. The molecule has 0 spiro atoms. The number of amides is 2. The predicted molar refractivity (Wildman–Crippen MR) is 182 cm³/mol. The van der Waals surface area contributed by atoms with Gasteiger partial charge in [0.2, 0.25) is 5.91 Å². The van der Waals surface area contributed by atoms with Crippen molar-refractivity contribution in [3.8, 4) is 0 Å². The number of carbonyl (C=O) groups excluding carboxylic acids is 2. The van der Waals surface area contributed by atoms with Crippen LogP contribution < -0.4 is 15.4 Å². The van der Waals surface area contributed by atoms with Gasteiger partial charge in [0.1, 0.15) is 12.1 Å². The van der Waals surface area contributed by atoms with Crippen LogP contribution in [-0.4, -0.2) is 85.3 Å². The number of benzene rings is 2. The van der Waals surface area contributed by atoms with Crippen LogP contribution in [0.1, 0.15) is 80.3 Å². The molecular weight excluding hydrogens is 620 g/mol. The molecule has 11 nitrogen and oxygen atoms in total. The second kappa shape index (κ2) is 17.5. The van der Waals surface area contributed by atoms with Crippen LogP contribution in [0, 0.1) is 18.8 Å². The lowest BCUT2D eigenvalue weighted by molar-refractivity contribution is -0.117. The number of ether oxygens (including phenoxy) is 1. The van der Waals surface area contributed by atoms with Crippen molar-refractivity contribution in [2.24, 2.45) is 11.8 Å². The summed E-state index contributed by atoms with van der Waals surface area (Å²) < 4.78 is 35.6. The molecule has 1 saturated carbocycles. The SMILES string of the molecule is Cc1ccc(NC(=O)C(Cc2ccccc2)NS(=O)(=O)N2CCOCC2)cc1C(=O)NC(CC1CCCCC1)C(O)C(O)CC(C)C. The highest BCUT2D eigenvalue weighted by Crippen LogP contribution is 2.29. The minimum absolute atomic E-state index is 0.120. The van der Waals surface area contributed by atoms with Gasteiger partial charge in [-0.3, -0.25) is 9.59 Å². The van der Waals surface area contributed by atoms with E-state index in [1.807, 2.05) is 44.2 Å². The summed E-state index contributed by atoms with van der Waals surface area (Å²) in [5.74, 6) is -0.450. The van der Waals surface area contributed by atoms with Crippen LogP contribution in [0.25, 0.3) is 0 Å². The van der Waals surface area contributed by atoms with Crippen molar-refractivity contribution in [2.75, 3.05) is 31.6 Å². The van der Waals surface area contributed by atoms with Crippen molar-refractivity contribution < 1.29 is 33.0 Å². The third-order valence-corrected chi connectivity index (χ3v) is 10.7. The summed E-state index contributed by atoms with van der Waals surface area (Å²) in [5, 5.41) is 27.8. The highest BCUT2D eigenvalue weighted by atomic mass is 32.2. The Bertz CT molecular complexity index is 1410. The number of carbonyl (C=O) groups is 2. The van der Waals surface area contributed by atoms with E-state index < -0.39 is 46.3 Å². The molecule has 5 N–H and O–H groups in total. The van der Waals surface area contributed by atoms with E-state index in [0.29, 0.717) is 35.6 Å². The summed E-state index contributed by atoms with van der Waals surface area (Å²) in [7, 11) is -3.98. The van der Waals surface area contributed by atoms with Crippen molar-refractivity contribution in [2.45, 2.75) is 96.4 Å². The third kappa shape index (κ3) is 11.1. The van der Waals surface area contributed by atoms with E-state index >= 15 is 0 Å². The molecule has 0 radical (unpaired) electrons. The topological polar surface area (TPSA) is 157 Å². The van der Waals surface area contributed by atoms with Gasteiger partial charge in [-0.2, -0.15) is 17.4 Å². The number of hydrogen-bond donors (Lipinski definition) is 5. The summed E-state index contributed by atoms with van der Waals surface area (Å²) in [4.78, 5) is 27.4. The van der Waals surface area contributed by atoms with Crippen molar-refractivity contribution in [3.63, 3.8) is 0 Å². The zero-order chi connectivity index (χ0) is 34.0. The minimum atomic E-state index is -3.98. The summed E-state index contributed by atoms with van der Waals surface area (Å²) in [6.45, 7) is 6.68.